The first kappa shape index (κ1) is 21.0. The van der Waals surface area contributed by atoms with Crippen molar-refractivity contribution >= 4 is 6.29 Å². The van der Waals surface area contributed by atoms with Crippen LogP contribution in [0.15, 0.2) is 12.3 Å². The number of aldehydes is 1. The lowest BCUT2D eigenvalue weighted by atomic mass is 10.0. The first-order valence-corrected chi connectivity index (χ1v) is 8.16. The van der Waals surface area contributed by atoms with Gasteiger partial charge >= 0.3 is 0 Å². The minimum atomic E-state index is -1.11. The Labute approximate surface area is 142 Å². The molecule has 0 aliphatic carbocycles. The van der Waals surface area contributed by atoms with E-state index in [0.717, 1.165) is 12.0 Å². The summed E-state index contributed by atoms with van der Waals surface area (Å²) in [6.07, 6.45) is -1.94. The van der Waals surface area contributed by atoms with Gasteiger partial charge in [0, 0.05) is 31.0 Å². The molecule has 0 aromatic rings. The third kappa shape index (κ3) is 7.69. The van der Waals surface area contributed by atoms with Crippen molar-refractivity contribution in [1.82, 2.24) is 5.32 Å². The molecule has 24 heavy (non-hydrogen) atoms. The molecule has 1 saturated heterocycles. The quantitative estimate of drug-likeness (QED) is 0.267. The lowest BCUT2D eigenvalue weighted by Crippen LogP contribution is -2.50. The van der Waals surface area contributed by atoms with E-state index in [1.54, 1.807) is 0 Å². The molecule has 1 rings (SSSR count). The summed E-state index contributed by atoms with van der Waals surface area (Å²) in [5.41, 5.74) is 0.808. The topological polar surface area (TPSA) is 117 Å². The predicted molar refractivity (Wildman–Crippen MR) is 86.1 cm³/mol. The maximum absolute atomic E-state index is 10.5. The van der Waals surface area contributed by atoms with Crippen LogP contribution in [-0.2, 0) is 19.0 Å². The number of hydrogen-bond acceptors (Lipinski definition) is 8. The minimum Gasteiger partial charge on any atom is -0.394 e. The molecule has 1 aliphatic rings. The normalized spacial score (nSPS) is 28.3. The van der Waals surface area contributed by atoms with Gasteiger partial charge in [0.1, 0.15) is 18.5 Å². The number of ether oxygens (including phenoxy) is 3. The largest absolute Gasteiger partial charge is 0.394 e. The zero-order chi connectivity index (χ0) is 17.9. The predicted octanol–water partition coefficient (Wildman–Crippen LogP) is -0.823. The molecule has 0 aromatic carbocycles. The molecule has 0 bridgehead atoms. The van der Waals surface area contributed by atoms with E-state index in [2.05, 4.69) is 11.9 Å². The molecule has 0 spiro atoms. The molecule has 3 unspecified atom stereocenters. The van der Waals surface area contributed by atoms with Gasteiger partial charge in [-0.2, -0.15) is 0 Å². The Hall–Kier alpha value is -1.03. The van der Waals surface area contributed by atoms with E-state index in [9.17, 15) is 15.0 Å². The van der Waals surface area contributed by atoms with Crippen LogP contribution >= 0.6 is 0 Å². The maximum Gasteiger partial charge on any atom is 0.160 e. The van der Waals surface area contributed by atoms with Gasteiger partial charge in [-0.1, -0.05) is 13.5 Å². The van der Waals surface area contributed by atoms with Crippen molar-refractivity contribution < 1.29 is 34.3 Å². The van der Waals surface area contributed by atoms with Gasteiger partial charge in [0.2, 0.25) is 0 Å². The molecule has 0 saturated carbocycles. The molecular formula is C16H29NO7. The average Bonchev–Trinajstić information content (AvgIpc) is 2.58. The fraction of sp³-hybridized carbons (Fsp3) is 0.812. The summed E-state index contributed by atoms with van der Waals surface area (Å²) in [6, 6.07) is 0. The minimum absolute atomic E-state index is 0.0526. The molecule has 140 valence electrons. The summed E-state index contributed by atoms with van der Waals surface area (Å²) in [5, 5.41) is 31.4. The van der Waals surface area contributed by atoms with E-state index < -0.39 is 24.6 Å². The van der Waals surface area contributed by atoms with Crippen LogP contribution in [0.4, 0.5) is 0 Å². The highest BCUT2D eigenvalue weighted by Crippen LogP contribution is 2.20. The molecule has 0 radical (unpaired) electrons. The highest BCUT2D eigenvalue weighted by atomic mass is 16.7. The van der Waals surface area contributed by atoms with E-state index in [-0.39, 0.29) is 25.6 Å². The highest BCUT2D eigenvalue weighted by molar-refractivity contribution is 5.53. The van der Waals surface area contributed by atoms with Crippen LogP contribution in [0.25, 0.3) is 0 Å². The van der Waals surface area contributed by atoms with Crippen molar-refractivity contribution in [2.75, 3.05) is 33.0 Å². The van der Waals surface area contributed by atoms with E-state index in [1.165, 1.54) is 0 Å². The number of hydrogen-bond donors (Lipinski definition) is 4. The van der Waals surface area contributed by atoms with Gasteiger partial charge in [-0.25, -0.2) is 0 Å². The zero-order valence-electron chi connectivity index (χ0n) is 14.1. The number of carbonyl (C=O) groups excluding carboxylic acids is 1. The number of aliphatic hydroxyl groups excluding tert-OH is 3. The van der Waals surface area contributed by atoms with E-state index in [4.69, 9.17) is 19.3 Å². The average molecular weight is 347 g/mol. The van der Waals surface area contributed by atoms with Crippen LogP contribution in [0.2, 0.25) is 0 Å². The van der Waals surface area contributed by atoms with Gasteiger partial charge < -0.3 is 39.6 Å². The molecule has 5 atom stereocenters. The molecule has 4 N–H and O–H groups in total. The summed E-state index contributed by atoms with van der Waals surface area (Å²) in [5.74, 6) is -0.0526. The first-order chi connectivity index (χ1) is 11.5. The molecule has 8 nitrogen and oxygen atoms in total. The van der Waals surface area contributed by atoms with Crippen LogP contribution in [0, 0.1) is 5.92 Å². The Morgan fingerprint density at radius 2 is 2.17 bits per heavy atom. The first-order valence-electron chi connectivity index (χ1n) is 8.16. The Balaban J connectivity index is 2.06. The second-order valence-electron chi connectivity index (χ2n) is 5.91. The van der Waals surface area contributed by atoms with Gasteiger partial charge in [-0.3, -0.25) is 0 Å². The van der Waals surface area contributed by atoms with Crippen LogP contribution < -0.4 is 5.32 Å². The summed E-state index contributed by atoms with van der Waals surface area (Å²) in [6.45, 7) is 6.94. The second kappa shape index (κ2) is 11.5. The molecule has 1 fully saturated rings. The molecular weight excluding hydrogens is 318 g/mol. The SMILES string of the molecule is C=C(CCOCCOC1C[C@@H](O)C(O)C(CO)O1)NC[C@H](C)C=O. The molecule has 1 heterocycles. The van der Waals surface area contributed by atoms with Crippen molar-refractivity contribution in [1.29, 1.82) is 0 Å². The summed E-state index contributed by atoms with van der Waals surface area (Å²) in [7, 11) is 0. The lowest BCUT2D eigenvalue weighted by molar-refractivity contribution is -0.258. The van der Waals surface area contributed by atoms with Gasteiger partial charge in [0.15, 0.2) is 6.29 Å². The summed E-state index contributed by atoms with van der Waals surface area (Å²) in [4.78, 5) is 10.5. The Kier molecular flexibility index (Phi) is 10.1. The van der Waals surface area contributed by atoms with Crippen molar-refractivity contribution in [2.45, 2.75) is 44.4 Å². The monoisotopic (exact) mass is 347 g/mol. The van der Waals surface area contributed by atoms with Crippen LogP contribution in [0.1, 0.15) is 19.8 Å². The van der Waals surface area contributed by atoms with Crippen molar-refractivity contribution in [3.63, 3.8) is 0 Å². The molecule has 1 aliphatic heterocycles. The molecule has 0 aromatic heterocycles. The van der Waals surface area contributed by atoms with E-state index in [0.29, 0.717) is 26.2 Å². The number of carbonyl (C=O) groups is 1. The number of rotatable bonds is 12. The van der Waals surface area contributed by atoms with Gasteiger partial charge in [0.25, 0.3) is 0 Å². The van der Waals surface area contributed by atoms with Gasteiger partial charge in [-0.05, 0) is 0 Å². The zero-order valence-corrected chi connectivity index (χ0v) is 14.1. The van der Waals surface area contributed by atoms with Crippen molar-refractivity contribution in [3.8, 4) is 0 Å². The molecule has 0 amide bonds. The Bertz CT molecular complexity index is 379. The van der Waals surface area contributed by atoms with Gasteiger partial charge in [0.05, 0.1) is 32.5 Å². The van der Waals surface area contributed by atoms with E-state index in [1.807, 2.05) is 6.92 Å². The lowest BCUT2D eigenvalue weighted by Gasteiger charge is -2.36. The van der Waals surface area contributed by atoms with Crippen molar-refractivity contribution in [3.05, 3.63) is 12.3 Å². The van der Waals surface area contributed by atoms with Crippen LogP contribution in [0.3, 0.4) is 0 Å². The smallest absolute Gasteiger partial charge is 0.160 e. The Morgan fingerprint density at radius 3 is 2.83 bits per heavy atom. The fourth-order valence-electron chi connectivity index (χ4n) is 2.15. The van der Waals surface area contributed by atoms with Crippen molar-refractivity contribution in [2.24, 2.45) is 5.92 Å². The second-order valence-corrected chi connectivity index (χ2v) is 5.91. The fourth-order valence-corrected chi connectivity index (χ4v) is 2.15. The van der Waals surface area contributed by atoms with Gasteiger partial charge in [-0.15, -0.1) is 0 Å². The Morgan fingerprint density at radius 1 is 1.42 bits per heavy atom. The van der Waals surface area contributed by atoms with Crippen LogP contribution in [0.5, 0.6) is 0 Å². The third-order valence-corrected chi connectivity index (χ3v) is 3.70. The highest BCUT2D eigenvalue weighted by Gasteiger charge is 2.36. The number of nitrogens with one attached hydrogen (secondary N) is 1. The van der Waals surface area contributed by atoms with E-state index >= 15 is 0 Å². The summed E-state index contributed by atoms with van der Waals surface area (Å²) < 4.78 is 16.2. The number of aliphatic hydroxyl groups is 3. The summed E-state index contributed by atoms with van der Waals surface area (Å²) >= 11 is 0. The maximum atomic E-state index is 10.5. The third-order valence-electron chi connectivity index (χ3n) is 3.70. The molecule has 8 heteroatoms. The standard InChI is InChI=1S/C16H29NO7/c1-11(9-18)8-17-12(2)3-4-22-5-6-23-15-7-13(20)16(21)14(10-19)24-15/h9,11,13-17,19-21H,2-8,10H2,1H3/t11-,13+,14?,15?,16?/m0/s1. The van der Waals surface area contributed by atoms with Crippen LogP contribution in [-0.4, -0.2) is 79.2 Å².